The average molecular weight is 271 g/mol. The highest BCUT2D eigenvalue weighted by Crippen LogP contribution is 2.16. The molecule has 0 amide bonds. The SMILES string of the molecule is CC(C)NCC1COCCN1c1ncc(Cl)cn1. The van der Waals surface area contributed by atoms with Gasteiger partial charge in [-0.2, -0.15) is 0 Å². The van der Waals surface area contributed by atoms with Gasteiger partial charge in [-0.3, -0.25) is 0 Å². The second kappa shape index (κ2) is 6.31. The third kappa shape index (κ3) is 3.54. The lowest BCUT2D eigenvalue weighted by molar-refractivity contribution is 0.0923. The number of rotatable bonds is 4. The first-order valence-corrected chi connectivity index (χ1v) is 6.60. The van der Waals surface area contributed by atoms with Gasteiger partial charge in [0.15, 0.2) is 0 Å². The van der Waals surface area contributed by atoms with E-state index in [9.17, 15) is 0 Å². The second-order valence-corrected chi connectivity index (χ2v) is 5.12. The Hall–Kier alpha value is -0.910. The van der Waals surface area contributed by atoms with Crippen LogP contribution >= 0.6 is 11.6 Å². The van der Waals surface area contributed by atoms with Crippen LogP contribution in [0.5, 0.6) is 0 Å². The van der Waals surface area contributed by atoms with Crippen LogP contribution in [0.4, 0.5) is 5.95 Å². The number of hydrogen-bond acceptors (Lipinski definition) is 5. The van der Waals surface area contributed by atoms with E-state index in [1.54, 1.807) is 12.4 Å². The maximum Gasteiger partial charge on any atom is 0.225 e. The molecule has 1 fully saturated rings. The first-order valence-electron chi connectivity index (χ1n) is 6.22. The number of halogens is 1. The van der Waals surface area contributed by atoms with E-state index in [-0.39, 0.29) is 6.04 Å². The van der Waals surface area contributed by atoms with Gasteiger partial charge in [0.25, 0.3) is 0 Å². The Bertz CT molecular complexity index is 371. The Labute approximate surface area is 113 Å². The summed E-state index contributed by atoms with van der Waals surface area (Å²) < 4.78 is 5.53. The molecule has 0 aromatic carbocycles. The van der Waals surface area contributed by atoms with Crippen molar-refractivity contribution in [1.29, 1.82) is 0 Å². The van der Waals surface area contributed by atoms with E-state index in [0.717, 1.165) is 19.0 Å². The molecule has 100 valence electrons. The average Bonchev–Trinajstić information content (AvgIpc) is 2.38. The zero-order valence-electron chi connectivity index (χ0n) is 10.8. The van der Waals surface area contributed by atoms with Gasteiger partial charge in [-0.25, -0.2) is 9.97 Å². The highest BCUT2D eigenvalue weighted by atomic mass is 35.5. The molecule has 1 saturated heterocycles. The number of ether oxygens (including phenoxy) is 1. The number of aromatic nitrogens is 2. The topological polar surface area (TPSA) is 50.3 Å². The first-order chi connectivity index (χ1) is 8.66. The molecule has 1 aromatic heterocycles. The van der Waals surface area contributed by atoms with Gasteiger partial charge < -0.3 is 15.0 Å². The molecule has 2 heterocycles. The standard InChI is InChI=1S/C12H19ClN4O/c1-9(2)14-7-11-8-18-4-3-17(11)12-15-5-10(13)6-16-12/h5-6,9,11,14H,3-4,7-8H2,1-2H3. The summed E-state index contributed by atoms with van der Waals surface area (Å²) in [5.74, 6) is 0.721. The van der Waals surface area contributed by atoms with Crippen molar-refractivity contribution in [2.75, 3.05) is 31.2 Å². The summed E-state index contributed by atoms with van der Waals surface area (Å²) in [6.45, 7) is 7.35. The van der Waals surface area contributed by atoms with Gasteiger partial charge in [0.2, 0.25) is 5.95 Å². The number of nitrogens with one attached hydrogen (secondary N) is 1. The molecule has 0 bridgehead atoms. The van der Waals surface area contributed by atoms with Crippen molar-refractivity contribution < 1.29 is 4.74 Å². The molecule has 0 aliphatic carbocycles. The predicted octanol–water partition coefficient (Wildman–Crippen LogP) is 1.33. The minimum Gasteiger partial charge on any atom is -0.377 e. The molecule has 0 saturated carbocycles. The van der Waals surface area contributed by atoms with Crippen molar-refractivity contribution in [3.05, 3.63) is 17.4 Å². The van der Waals surface area contributed by atoms with Crippen LogP contribution in [0.15, 0.2) is 12.4 Å². The lowest BCUT2D eigenvalue weighted by Crippen LogP contribution is -2.52. The summed E-state index contributed by atoms with van der Waals surface area (Å²) in [7, 11) is 0. The van der Waals surface area contributed by atoms with Crippen LogP contribution in [0.25, 0.3) is 0 Å². The molecular weight excluding hydrogens is 252 g/mol. The second-order valence-electron chi connectivity index (χ2n) is 4.69. The molecule has 6 heteroatoms. The molecule has 1 unspecified atom stereocenters. The van der Waals surface area contributed by atoms with E-state index in [1.165, 1.54) is 0 Å². The van der Waals surface area contributed by atoms with Gasteiger partial charge in [-0.05, 0) is 0 Å². The largest absolute Gasteiger partial charge is 0.377 e. The van der Waals surface area contributed by atoms with E-state index in [1.807, 2.05) is 0 Å². The first kappa shape index (κ1) is 13.5. The monoisotopic (exact) mass is 270 g/mol. The molecule has 1 aliphatic rings. The van der Waals surface area contributed by atoms with Crippen molar-refractivity contribution in [2.24, 2.45) is 0 Å². The van der Waals surface area contributed by atoms with Crippen LogP contribution in [0, 0.1) is 0 Å². The summed E-state index contributed by atoms with van der Waals surface area (Å²) in [6.07, 6.45) is 3.26. The van der Waals surface area contributed by atoms with E-state index in [0.29, 0.717) is 24.3 Å². The molecule has 0 spiro atoms. The van der Waals surface area contributed by atoms with Crippen LogP contribution in [-0.4, -0.2) is 48.4 Å². The molecule has 2 rings (SSSR count). The lowest BCUT2D eigenvalue weighted by Gasteiger charge is -2.36. The minimum absolute atomic E-state index is 0.266. The van der Waals surface area contributed by atoms with Crippen molar-refractivity contribution in [3.8, 4) is 0 Å². The fourth-order valence-electron chi connectivity index (χ4n) is 1.91. The summed E-state index contributed by atoms with van der Waals surface area (Å²) in [6, 6.07) is 0.724. The van der Waals surface area contributed by atoms with Gasteiger partial charge in [0.05, 0.1) is 36.7 Å². The number of anilines is 1. The number of hydrogen-bond donors (Lipinski definition) is 1. The predicted molar refractivity (Wildman–Crippen MR) is 72.1 cm³/mol. The third-order valence-electron chi connectivity index (χ3n) is 2.85. The molecule has 1 aliphatic heterocycles. The van der Waals surface area contributed by atoms with E-state index in [2.05, 4.69) is 34.0 Å². The molecule has 1 aromatic rings. The maximum absolute atomic E-state index is 5.81. The molecule has 0 radical (unpaired) electrons. The zero-order chi connectivity index (χ0) is 13.0. The summed E-state index contributed by atoms with van der Waals surface area (Å²) >= 11 is 5.81. The fraction of sp³-hybridized carbons (Fsp3) is 0.667. The molecule has 1 N–H and O–H groups in total. The number of morpholine rings is 1. The van der Waals surface area contributed by atoms with Gasteiger partial charge in [-0.15, -0.1) is 0 Å². The van der Waals surface area contributed by atoms with Crippen LogP contribution in [-0.2, 0) is 4.74 Å². The van der Waals surface area contributed by atoms with Crippen LogP contribution in [0.1, 0.15) is 13.8 Å². The maximum atomic E-state index is 5.81. The summed E-state index contributed by atoms with van der Waals surface area (Å²) in [5.41, 5.74) is 0. The molecule has 5 nitrogen and oxygen atoms in total. The summed E-state index contributed by atoms with van der Waals surface area (Å²) in [5, 5.41) is 3.98. The Morgan fingerprint density at radius 2 is 2.22 bits per heavy atom. The van der Waals surface area contributed by atoms with Gasteiger partial charge in [-0.1, -0.05) is 25.4 Å². The lowest BCUT2D eigenvalue weighted by atomic mass is 10.2. The van der Waals surface area contributed by atoms with Crippen LogP contribution in [0.2, 0.25) is 5.02 Å². The Kier molecular flexibility index (Phi) is 4.74. The van der Waals surface area contributed by atoms with Crippen LogP contribution in [0.3, 0.4) is 0 Å². The Balaban J connectivity index is 2.05. The van der Waals surface area contributed by atoms with Crippen molar-refractivity contribution in [3.63, 3.8) is 0 Å². The van der Waals surface area contributed by atoms with Gasteiger partial charge in [0, 0.05) is 19.1 Å². The van der Waals surface area contributed by atoms with Crippen LogP contribution < -0.4 is 10.2 Å². The van der Waals surface area contributed by atoms with E-state index in [4.69, 9.17) is 16.3 Å². The minimum atomic E-state index is 0.266. The normalized spacial score (nSPS) is 20.4. The molecular formula is C12H19ClN4O. The molecule has 18 heavy (non-hydrogen) atoms. The molecule has 1 atom stereocenters. The fourth-order valence-corrected chi connectivity index (χ4v) is 2.01. The Morgan fingerprint density at radius 1 is 1.50 bits per heavy atom. The Morgan fingerprint density at radius 3 is 2.89 bits per heavy atom. The zero-order valence-corrected chi connectivity index (χ0v) is 11.5. The smallest absolute Gasteiger partial charge is 0.225 e. The van der Waals surface area contributed by atoms with Crippen molar-refractivity contribution >= 4 is 17.5 Å². The van der Waals surface area contributed by atoms with E-state index >= 15 is 0 Å². The third-order valence-corrected chi connectivity index (χ3v) is 3.05. The highest BCUT2D eigenvalue weighted by Gasteiger charge is 2.24. The van der Waals surface area contributed by atoms with Gasteiger partial charge >= 0.3 is 0 Å². The summed E-state index contributed by atoms with van der Waals surface area (Å²) in [4.78, 5) is 10.7. The van der Waals surface area contributed by atoms with Gasteiger partial charge in [0.1, 0.15) is 0 Å². The van der Waals surface area contributed by atoms with Crippen molar-refractivity contribution in [2.45, 2.75) is 25.9 Å². The quantitative estimate of drug-likeness (QED) is 0.895. The van der Waals surface area contributed by atoms with Crippen molar-refractivity contribution in [1.82, 2.24) is 15.3 Å². The number of nitrogens with zero attached hydrogens (tertiary/aromatic N) is 3. The highest BCUT2D eigenvalue weighted by molar-refractivity contribution is 6.30. The van der Waals surface area contributed by atoms with E-state index < -0.39 is 0 Å².